The van der Waals surface area contributed by atoms with Gasteiger partial charge in [0.25, 0.3) is 0 Å². The molecule has 1 aliphatic carbocycles. The minimum absolute atomic E-state index is 0.283. The molecule has 1 heteroatoms. The Bertz CT molecular complexity index is 3900. The summed E-state index contributed by atoms with van der Waals surface area (Å²) in [4.78, 5) is 2.43. The van der Waals surface area contributed by atoms with Crippen LogP contribution in [-0.4, -0.2) is 0 Å². The molecule has 1 atom stereocenters. The van der Waals surface area contributed by atoms with Crippen molar-refractivity contribution in [2.24, 2.45) is 0 Å². The Kier molecular flexibility index (Phi) is 10.4. The van der Waals surface area contributed by atoms with Crippen LogP contribution in [0.1, 0.15) is 23.6 Å². The van der Waals surface area contributed by atoms with Gasteiger partial charge in [-0.25, -0.2) is 0 Å². The summed E-state index contributed by atoms with van der Waals surface area (Å²) in [6.07, 6.45) is 0. The van der Waals surface area contributed by atoms with Crippen LogP contribution in [0.5, 0.6) is 0 Å². The molecule has 13 rings (SSSR count). The summed E-state index contributed by atoms with van der Waals surface area (Å²) in [6.45, 7) is 2.39. The molecule has 12 aromatic carbocycles. The maximum absolute atomic E-state index is 2.43. The molecule has 0 N–H and O–H groups in total. The minimum atomic E-state index is -0.283. The van der Waals surface area contributed by atoms with Crippen LogP contribution in [0.2, 0.25) is 0 Å². The van der Waals surface area contributed by atoms with Gasteiger partial charge in [-0.05, 0) is 154 Å². The summed E-state index contributed by atoms with van der Waals surface area (Å²) in [5.41, 5.74) is 21.6. The lowest BCUT2D eigenvalue weighted by atomic mass is 9.74. The lowest BCUT2D eigenvalue weighted by Crippen LogP contribution is -2.22. The Morgan fingerprint density at radius 2 is 0.690 bits per heavy atom. The van der Waals surface area contributed by atoms with Gasteiger partial charge in [0.05, 0.1) is 0 Å². The smallest absolute Gasteiger partial charge is 0.0468 e. The standard InChI is InChI=1S/C70H49N/c1-70(56-26-12-5-13-27-56)66-32-17-16-30-62(66)64-47-59(42-44-67(64)70)71(57-40-37-51(38-41-57)50-35-33-49(34-36-50)48-19-6-2-7-20-48)58-28-18-25-54(45-58)55-39-43-61-60-29-14-15-31-63(60)68(52-21-8-3-9-22-52)69(65(61)46-55)53-23-10-4-11-24-53/h2-47H,1H3. The van der Waals surface area contributed by atoms with Crippen LogP contribution in [0.3, 0.4) is 0 Å². The fraction of sp³-hybridized carbons (Fsp3) is 0.0286. The number of hydrogen-bond acceptors (Lipinski definition) is 1. The Hall–Kier alpha value is -9.04. The van der Waals surface area contributed by atoms with E-state index in [1.165, 1.54) is 99.4 Å². The van der Waals surface area contributed by atoms with E-state index in [4.69, 9.17) is 0 Å². The van der Waals surface area contributed by atoms with Gasteiger partial charge < -0.3 is 4.90 Å². The van der Waals surface area contributed by atoms with Crippen LogP contribution in [-0.2, 0) is 5.41 Å². The Morgan fingerprint density at radius 1 is 0.254 bits per heavy atom. The SMILES string of the molecule is CC1(c2ccccc2)c2ccccc2-c2cc(N(c3ccc(-c4ccc(-c5ccccc5)cc4)cc3)c3cccc(-c4ccc5c(c4)c(-c4ccccc4)c(-c4ccccc4)c4ccccc45)c3)ccc21. The van der Waals surface area contributed by atoms with Gasteiger partial charge >= 0.3 is 0 Å². The highest BCUT2D eigenvalue weighted by Gasteiger charge is 2.41. The molecular weight excluding hydrogens is 855 g/mol. The number of hydrogen-bond donors (Lipinski definition) is 0. The van der Waals surface area contributed by atoms with E-state index >= 15 is 0 Å². The van der Waals surface area contributed by atoms with Crippen LogP contribution < -0.4 is 4.90 Å². The summed E-state index contributed by atoms with van der Waals surface area (Å²) in [5, 5.41) is 4.99. The largest absolute Gasteiger partial charge is 0.310 e. The molecule has 0 bridgehead atoms. The number of fused-ring (bicyclic) bond motifs is 6. The van der Waals surface area contributed by atoms with Crippen LogP contribution in [0, 0.1) is 0 Å². The second-order valence-electron chi connectivity index (χ2n) is 18.9. The summed E-state index contributed by atoms with van der Waals surface area (Å²) in [7, 11) is 0. The molecule has 1 aliphatic rings. The quantitative estimate of drug-likeness (QED) is 0.130. The van der Waals surface area contributed by atoms with E-state index in [1.54, 1.807) is 0 Å². The average molecular weight is 904 g/mol. The second-order valence-corrected chi connectivity index (χ2v) is 18.9. The van der Waals surface area contributed by atoms with E-state index in [-0.39, 0.29) is 5.41 Å². The molecule has 0 radical (unpaired) electrons. The molecule has 71 heavy (non-hydrogen) atoms. The fourth-order valence-corrected chi connectivity index (χ4v) is 11.5. The third kappa shape index (κ3) is 7.25. The topological polar surface area (TPSA) is 3.24 Å². The van der Waals surface area contributed by atoms with Crippen molar-refractivity contribution in [1.29, 1.82) is 0 Å². The van der Waals surface area contributed by atoms with Gasteiger partial charge in [-0.3, -0.25) is 0 Å². The Balaban J connectivity index is 0.970. The molecule has 0 fully saturated rings. The maximum Gasteiger partial charge on any atom is 0.0468 e. The number of benzene rings is 12. The van der Waals surface area contributed by atoms with E-state index in [0.717, 1.165) is 22.6 Å². The molecule has 334 valence electrons. The highest BCUT2D eigenvalue weighted by molar-refractivity contribution is 6.22. The Labute approximate surface area is 416 Å². The molecule has 12 aromatic rings. The first-order valence-electron chi connectivity index (χ1n) is 24.7. The van der Waals surface area contributed by atoms with Crippen LogP contribution >= 0.6 is 0 Å². The van der Waals surface area contributed by atoms with Crippen molar-refractivity contribution in [2.75, 3.05) is 4.90 Å². The van der Waals surface area contributed by atoms with Gasteiger partial charge in [0.15, 0.2) is 0 Å². The molecule has 0 saturated heterocycles. The molecule has 0 aliphatic heterocycles. The van der Waals surface area contributed by atoms with Crippen LogP contribution in [0.25, 0.3) is 88.3 Å². The van der Waals surface area contributed by atoms with Gasteiger partial charge in [-0.15, -0.1) is 0 Å². The fourth-order valence-electron chi connectivity index (χ4n) is 11.5. The van der Waals surface area contributed by atoms with Gasteiger partial charge in [0, 0.05) is 22.5 Å². The van der Waals surface area contributed by atoms with Gasteiger partial charge in [-0.2, -0.15) is 0 Å². The van der Waals surface area contributed by atoms with Crippen molar-refractivity contribution < 1.29 is 0 Å². The predicted octanol–water partition coefficient (Wildman–Crippen LogP) is 19.1. The van der Waals surface area contributed by atoms with Gasteiger partial charge in [-0.1, -0.05) is 237 Å². The lowest BCUT2D eigenvalue weighted by molar-refractivity contribution is 0.714. The molecule has 0 saturated carbocycles. The van der Waals surface area contributed by atoms with E-state index in [0.29, 0.717) is 0 Å². The summed E-state index contributed by atoms with van der Waals surface area (Å²) >= 11 is 0. The summed E-state index contributed by atoms with van der Waals surface area (Å²) in [5.74, 6) is 0. The second kappa shape index (κ2) is 17.5. The molecule has 0 aromatic heterocycles. The van der Waals surface area contributed by atoms with E-state index < -0.39 is 0 Å². The zero-order valence-electron chi connectivity index (χ0n) is 39.5. The number of anilines is 3. The predicted molar refractivity (Wildman–Crippen MR) is 301 cm³/mol. The first kappa shape index (κ1) is 42.1. The normalized spacial score (nSPS) is 13.8. The minimum Gasteiger partial charge on any atom is -0.310 e. The van der Waals surface area contributed by atoms with Crippen molar-refractivity contribution in [3.8, 4) is 66.8 Å². The maximum atomic E-state index is 2.43. The molecule has 1 nitrogen and oxygen atoms in total. The van der Waals surface area contributed by atoms with Crippen molar-refractivity contribution >= 4 is 38.6 Å². The zero-order chi connectivity index (χ0) is 47.3. The van der Waals surface area contributed by atoms with Crippen LogP contribution in [0.4, 0.5) is 17.1 Å². The van der Waals surface area contributed by atoms with Crippen molar-refractivity contribution in [2.45, 2.75) is 12.3 Å². The average Bonchev–Trinajstić information content (AvgIpc) is 3.71. The molecule has 0 spiro atoms. The monoisotopic (exact) mass is 903 g/mol. The molecule has 0 heterocycles. The first-order valence-corrected chi connectivity index (χ1v) is 24.7. The van der Waals surface area contributed by atoms with E-state index in [2.05, 4.69) is 291 Å². The molecule has 0 amide bonds. The van der Waals surface area contributed by atoms with Crippen molar-refractivity contribution in [3.05, 3.63) is 296 Å². The summed E-state index contributed by atoms with van der Waals surface area (Å²) in [6, 6.07) is 103. The Morgan fingerprint density at radius 3 is 1.35 bits per heavy atom. The van der Waals surface area contributed by atoms with E-state index in [9.17, 15) is 0 Å². The zero-order valence-corrected chi connectivity index (χ0v) is 39.5. The van der Waals surface area contributed by atoms with Crippen molar-refractivity contribution in [3.63, 3.8) is 0 Å². The highest BCUT2D eigenvalue weighted by Crippen LogP contribution is 2.54. The third-order valence-electron chi connectivity index (χ3n) is 14.9. The third-order valence-corrected chi connectivity index (χ3v) is 14.9. The highest BCUT2D eigenvalue weighted by atomic mass is 15.1. The van der Waals surface area contributed by atoms with Gasteiger partial charge in [0.1, 0.15) is 0 Å². The van der Waals surface area contributed by atoms with Crippen LogP contribution in [0.15, 0.2) is 279 Å². The lowest BCUT2D eigenvalue weighted by Gasteiger charge is -2.30. The van der Waals surface area contributed by atoms with Crippen molar-refractivity contribution in [1.82, 2.24) is 0 Å². The van der Waals surface area contributed by atoms with Gasteiger partial charge in [0.2, 0.25) is 0 Å². The van der Waals surface area contributed by atoms with E-state index in [1.807, 2.05) is 0 Å². The molecule has 1 unspecified atom stereocenters. The number of rotatable bonds is 9. The summed E-state index contributed by atoms with van der Waals surface area (Å²) < 4.78 is 0. The molecular formula is C70H49N. The number of nitrogens with zero attached hydrogens (tertiary/aromatic N) is 1. The first-order chi connectivity index (χ1) is 35.1.